The van der Waals surface area contributed by atoms with Crippen LogP contribution in [0.1, 0.15) is 26.7 Å². The van der Waals surface area contributed by atoms with Gasteiger partial charge in [0.2, 0.25) is 0 Å². The molecule has 0 saturated carbocycles. The molecule has 20 heavy (non-hydrogen) atoms. The van der Waals surface area contributed by atoms with Crippen LogP contribution in [0.4, 0.5) is 0 Å². The first-order chi connectivity index (χ1) is 9.55. The zero-order chi connectivity index (χ0) is 15.0. The number of likely N-dealkylation sites (N-methyl/N-ethyl adjacent to an activating group) is 1. The average molecular weight is 336 g/mol. The van der Waals surface area contributed by atoms with Crippen LogP contribution in [0.2, 0.25) is 0 Å². The van der Waals surface area contributed by atoms with E-state index in [9.17, 15) is 4.79 Å². The van der Waals surface area contributed by atoms with Gasteiger partial charge in [0.05, 0.1) is 6.61 Å². The highest BCUT2D eigenvalue weighted by molar-refractivity contribution is 8.02. The smallest absolute Gasteiger partial charge is 0.326 e. The number of hydrogen-bond donors (Lipinski definition) is 1. The summed E-state index contributed by atoms with van der Waals surface area (Å²) in [7, 11) is 1.79. The Kier molecular flexibility index (Phi) is 7.86. The Bertz CT molecular complexity index is 428. The lowest BCUT2D eigenvalue weighted by Crippen LogP contribution is -2.48. The maximum absolute atomic E-state index is 11.9. The third kappa shape index (κ3) is 5.23. The topological polar surface area (TPSA) is 64.1 Å². The molecule has 0 saturated heterocycles. The molecule has 0 spiro atoms. The molecule has 0 aliphatic rings. The molecule has 1 aromatic rings. The molecule has 114 valence electrons. The number of carbonyl (C=O) groups excluding carboxylic acids is 1. The van der Waals surface area contributed by atoms with Gasteiger partial charge in [-0.25, -0.2) is 0 Å². The number of hydrogen-bond acceptors (Lipinski definition) is 8. The van der Waals surface area contributed by atoms with Gasteiger partial charge >= 0.3 is 5.97 Å². The van der Waals surface area contributed by atoms with Gasteiger partial charge in [-0.3, -0.25) is 4.79 Å². The molecule has 0 aromatic carbocycles. The Morgan fingerprint density at radius 1 is 1.45 bits per heavy atom. The van der Waals surface area contributed by atoms with Crippen molar-refractivity contribution in [2.75, 3.05) is 25.7 Å². The van der Waals surface area contributed by atoms with Gasteiger partial charge in [0.1, 0.15) is 5.54 Å². The van der Waals surface area contributed by atoms with Crippen LogP contribution in [0.5, 0.6) is 0 Å². The molecule has 0 bridgehead atoms. The Hall–Kier alpha value is -0.310. The second kappa shape index (κ2) is 8.86. The van der Waals surface area contributed by atoms with Gasteiger partial charge < -0.3 is 10.1 Å². The van der Waals surface area contributed by atoms with Crippen molar-refractivity contribution in [3.05, 3.63) is 0 Å². The fourth-order valence-corrected chi connectivity index (χ4v) is 3.99. The largest absolute Gasteiger partial charge is 0.465 e. The molecule has 1 heterocycles. The minimum absolute atomic E-state index is 0.187. The Balaban J connectivity index is 2.36. The van der Waals surface area contributed by atoms with E-state index in [4.69, 9.17) is 4.74 Å². The first-order valence-corrected chi connectivity index (χ1v) is 9.45. The van der Waals surface area contributed by atoms with E-state index in [-0.39, 0.29) is 5.97 Å². The van der Waals surface area contributed by atoms with E-state index < -0.39 is 5.54 Å². The Labute approximate surface area is 132 Å². The normalized spacial score (nSPS) is 14.0. The van der Waals surface area contributed by atoms with Crippen molar-refractivity contribution in [1.82, 2.24) is 15.5 Å². The van der Waals surface area contributed by atoms with Crippen molar-refractivity contribution in [3.8, 4) is 0 Å². The number of nitrogens with zero attached hydrogens (tertiary/aromatic N) is 2. The number of thioether (sulfide) groups is 2. The maximum Gasteiger partial charge on any atom is 0.326 e. The van der Waals surface area contributed by atoms with Crippen LogP contribution in [0.3, 0.4) is 0 Å². The van der Waals surface area contributed by atoms with Gasteiger partial charge in [-0.15, -0.1) is 10.2 Å². The molecule has 1 atom stereocenters. The van der Waals surface area contributed by atoms with Gasteiger partial charge in [-0.1, -0.05) is 34.9 Å². The lowest BCUT2D eigenvalue weighted by Gasteiger charge is -2.26. The van der Waals surface area contributed by atoms with E-state index in [0.717, 1.165) is 27.3 Å². The summed E-state index contributed by atoms with van der Waals surface area (Å²) >= 11 is 4.90. The number of rotatable bonds is 9. The zero-order valence-electron chi connectivity index (χ0n) is 12.3. The summed E-state index contributed by atoms with van der Waals surface area (Å²) in [5, 5.41) is 11.2. The molecule has 1 N–H and O–H groups in total. The number of ether oxygens (including phenoxy) is 1. The molecule has 1 unspecified atom stereocenters. The van der Waals surface area contributed by atoms with E-state index in [1.165, 1.54) is 0 Å². The van der Waals surface area contributed by atoms with Crippen LogP contribution in [-0.2, 0) is 9.53 Å². The molecule has 8 heteroatoms. The van der Waals surface area contributed by atoms with Crippen LogP contribution in [0, 0.1) is 0 Å². The second-order valence-electron chi connectivity index (χ2n) is 4.29. The molecule has 0 amide bonds. The average Bonchev–Trinajstić information content (AvgIpc) is 2.91. The lowest BCUT2D eigenvalue weighted by molar-refractivity contribution is -0.150. The molecule has 1 aromatic heterocycles. The monoisotopic (exact) mass is 335 g/mol. The highest BCUT2D eigenvalue weighted by atomic mass is 32.2. The van der Waals surface area contributed by atoms with E-state index in [2.05, 4.69) is 15.5 Å². The number of carbonyl (C=O) groups is 1. The Morgan fingerprint density at radius 2 is 2.15 bits per heavy atom. The van der Waals surface area contributed by atoms with E-state index in [0.29, 0.717) is 6.61 Å². The van der Waals surface area contributed by atoms with Crippen LogP contribution in [-0.4, -0.2) is 47.4 Å². The number of esters is 1. The molecule has 5 nitrogen and oxygen atoms in total. The van der Waals surface area contributed by atoms with Crippen LogP contribution < -0.4 is 5.32 Å². The van der Waals surface area contributed by atoms with E-state index >= 15 is 0 Å². The third-order valence-electron chi connectivity index (χ3n) is 2.89. The first-order valence-electron chi connectivity index (χ1n) is 6.42. The summed E-state index contributed by atoms with van der Waals surface area (Å²) < 4.78 is 7.07. The van der Waals surface area contributed by atoms with Crippen molar-refractivity contribution in [3.63, 3.8) is 0 Å². The van der Waals surface area contributed by atoms with E-state index in [1.807, 2.05) is 20.1 Å². The number of nitrogens with one attached hydrogen (secondary N) is 1. The van der Waals surface area contributed by atoms with E-state index in [1.54, 1.807) is 41.9 Å². The highest BCUT2D eigenvalue weighted by Gasteiger charge is 2.32. The van der Waals surface area contributed by atoms with Gasteiger partial charge in [0.15, 0.2) is 8.68 Å². The molecule has 0 aliphatic carbocycles. The van der Waals surface area contributed by atoms with Crippen molar-refractivity contribution >= 4 is 40.8 Å². The fraction of sp³-hybridized carbons (Fsp3) is 0.750. The molecule has 0 aliphatic heterocycles. The van der Waals surface area contributed by atoms with Gasteiger partial charge in [-0.05, 0) is 40.0 Å². The molecule has 0 radical (unpaired) electrons. The predicted molar refractivity (Wildman–Crippen MR) is 85.7 cm³/mol. The molecule has 0 fully saturated rings. The fourth-order valence-electron chi connectivity index (χ4n) is 1.54. The van der Waals surface area contributed by atoms with Gasteiger partial charge in [0, 0.05) is 5.75 Å². The van der Waals surface area contributed by atoms with Crippen LogP contribution in [0.25, 0.3) is 0 Å². The van der Waals surface area contributed by atoms with Crippen molar-refractivity contribution in [2.45, 2.75) is 40.9 Å². The summed E-state index contributed by atoms with van der Waals surface area (Å²) in [6.07, 6.45) is 3.64. The predicted octanol–water partition coefficient (Wildman–Crippen LogP) is 2.67. The van der Waals surface area contributed by atoms with Gasteiger partial charge in [-0.2, -0.15) is 0 Å². The second-order valence-corrected chi connectivity index (χ2v) is 7.67. The summed E-state index contributed by atoms with van der Waals surface area (Å²) in [4.78, 5) is 11.9. The minimum Gasteiger partial charge on any atom is -0.465 e. The summed E-state index contributed by atoms with van der Waals surface area (Å²) in [6.45, 7) is 4.11. The zero-order valence-corrected chi connectivity index (χ0v) is 14.7. The standard InChI is InChI=1S/C12H21N3O2S3/c1-5-17-9(16)12(2,13-3)7-6-8-19-11-15-14-10(18-4)20-11/h13H,5-8H2,1-4H3. The first kappa shape index (κ1) is 17.7. The van der Waals surface area contributed by atoms with Crippen LogP contribution >= 0.6 is 34.9 Å². The quantitative estimate of drug-likeness (QED) is 0.423. The summed E-state index contributed by atoms with van der Waals surface area (Å²) in [5.74, 6) is 0.729. The minimum atomic E-state index is -0.609. The van der Waals surface area contributed by atoms with Crippen molar-refractivity contribution in [2.24, 2.45) is 0 Å². The molecular formula is C12H21N3O2S3. The van der Waals surface area contributed by atoms with Crippen molar-refractivity contribution in [1.29, 1.82) is 0 Å². The lowest BCUT2D eigenvalue weighted by atomic mass is 9.97. The third-order valence-corrected chi connectivity index (χ3v) is 6.01. The summed E-state index contributed by atoms with van der Waals surface area (Å²) in [6, 6.07) is 0. The van der Waals surface area contributed by atoms with Crippen molar-refractivity contribution < 1.29 is 9.53 Å². The maximum atomic E-state index is 11.9. The Morgan fingerprint density at radius 3 is 2.70 bits per heavy atom. The SMILES string of the molecule is CCOC(=O)C(C)(CCCSc1nnc(SC)s1)NC. The molecular weight excluding hydrogens is 314 g/mol. The van der Waals surface area contributed by atoms with Gasteiger partial charge in [0.25, 0.3) is 0 Å². The highest BCUT2D eigenvalue weighted by Crippen LogP contribution is 2.28. The van der Waals surface area contributed by atoms with Crippen LogP contribution in [0.15, 0.2) is 8.68 Å². The molecule has 1 rings (SSSR count). The number of aromatic nitrogens is 2. The summed E-state index contributed by atoms with van der Waals surface area (Å²) in [5.41, 5.74) is -0.609.